The molecule has 1 amide bonds. The zero-order valence-corrected chi connectivity index (χ0v) is 8.85. The molecule has 0 aliphatic carbocycles. The van der Waals surface area contributed by atoms with Crippen molar-refractivity contribution < 1.29 is 4.79 Å². The SMILES string of the molecule is CC#CCNCC(=O)N(C)C(C)C. The summed E-state index contributed by atoms with van der Waals surface area (Å²) in [7, 11) is 1.81. The van der Waals surface area contributed by atoms with Gasteiger partial charge in [0.1, 0.15) is 0 Å². The smallest absolute Gasteiger partial charge is 0.236 e. The Kier molecular flexibility index (Phi) is 5.99. The molecule has 0 unspecified atom stereocenters. The van der Waals surface area contributed by atoms with E-state index in [0.29, 0.717) is 13.1 Å². The van der Waals surface area contributed by atoms with E-state index in [4.69, 9.17) is 0 Å². The van der Waals surface area contributed by atoms with Gasteiger partial charge in [0, 0.05) is 13.1 Å². The van der Waals surface area contributed by atoms with Crippen LogP contribution in [0.4, 0.5) is 0 Å². The molecule has 0 aromatic carbocycles. The summed E-state index contributed by atoms with van der Waals surface area (Å²) in [5.74, 6) is 5.70. The fourth-order valence-corrected chi connectivity index (χ4v) is 0.733. The molecule has 0 radical (unpaired) electrons. The van der Waals surface area contributed by atoms with Gasteiger partial charge in [-0.1, -0.05) is 5.92 Å². The highest BCUT2D eigenvalue weighted by atomic mass is 16.2. The molecule has 0 saturated carbocycles. The Hall–Kier alpha value is -1.01. The summed E-state index contributed by atoms with van der Waals surface area (Å²) in [6, 6.07) is 0.256. The Balaban J connectivity index is 3.66. The number of hydrogen-bond acceptors (Lipinski definition) is 2. The van der Waals surface area contributed by atoms with E-state index in [-0.39, 0.29) is 11.9 Å². The molecule has 0 aromatic rings. The van der Waals surface area contributed by atoms with Crippen LogP contribution in [-0.4, -0.2) is 37.0 Å². The van der Waals surface area contributed by atoms with Crippen molar-refractivity contribution in [3.63, 3.8) is 0 Å². The van der Waals surface area contributed by atoms with E-state index in [1.165, 1.54) is 0 Å². The number of rotatable bonds is 4. The molecular formula is C10H18N2O. The Morgan fingerprint density at radius 1 is 1.54 bits per heavy atom. The Morgan fingerprint density at radius 3 is 2.62 bits per heavy atom. The number of carbonyl (C=O) groups excluding carboxylic acids is 1. The van der Waals surface area contributed by atoms with Crippen LogP contribution in [0.3, 0.4) is 0 Å². The number of nitrogens with zero attached hydrogens (tertiary/aromatic N) is 1. The van der Waals surface area contributed by atoms with Gasteiger partial charge in [0.25, 0.3) is 0 Å². The van der Waals surface area contributed by atoms with Crippen LogP contribution in [0, 0.1) is 11.8 Å². The lowest BCUT2D eigenvalue weighted by Crippen LogP contribution is -2.39. The van der Waals surface area contributed by atoms with Gasteiger partial charge in [-0.05, 0) is 20.8 Å². The largest absolute Gasteiger partial charge is 0.342 e. The fourth-order valence-electron chi connectivity index (χ4n) is 0.733. The van der Waals surface area contributed by atoms with Gasteiger partial charge in [0.2, 0.25) is 5.91 Å². The predicted molar refractivity (Wildman–Crippen MR) is 54.2 cm³/mol. The van der Waals surface area contributed by atoms with Crippen molar-refractivity contribution in [1.29, 1.82) is 0 Å². The molecule has 0 aliphatic rings. The predicted octanol–water partition coefficient (Wildman–Crippen LogP) is 0.466. The molecule has 0 heterocycles. The van der Waals surface area contributed by atoms with E-state index >= 15 is 0 Å². The van der Waals surface area contributed by atoms with Crippen LogP contribution in [0.2, 0.25) is 0 Å². The van der Waals surface area contributed by atoms with Gasteiger partial charge in [-0.25, -0.2) is 0 Å². The Labute approximate surface area is 80.5 Å². The average molecular weight is 182 g/mol. The molecule has 3 heteroatoms. The molecule has 74 valence electrons. The highest BCUT2D eigenvalue weighted by Gasteiger charge is 2.09. The van der Waals surface area contributed by atoms with Crippen LogP contribution in [0.25, 0.3) is 0 Å². The van der Waals surface area contributed by atoms with Crippen molar-refractivity contribution in [3.8, 4) is 11.8 Å². The highest BCUT2D eigenvalue weighted by Crippen LogP contribution is 1.92. The Bertz CT molecular complexity index is 213. The van der Waals surface area contributed by atoms with Gasteiger partial charge in [-0.15, -0.1) is 5.92 Å². The first-order chi connectivity index (χ1) is 6.09. The van der Waals surface area contributed by atoms with Crippen LogP contribution in [0.15, 0.2) is 0 Å². The van der Waals surface area contributed by atoms with Crippen LogP contribution >= 0.6 is 0 Å². The number of hydrogen-bond donors (Lipinski definition) is 1. The molecule has 0 spiro atoms. The molecule has 0 aromatic heterocycles. The molecular weight excluding hydrogens is 164 g/mol. The highest BCUT2D eigenvalue weighted by molar-refractivity contribution is 5.78. The summed E-state index contributed by atoms with van der Waals surface area (Å²) < 4.78 is 0. The summed E-state index contributed by atoms with van der Waals surface area (Å²) >= 11 is 0. The minimum Gasteiger partial charge on any atom is -0.342 e. The zero-order valence-electron chi connectivity index (χ0n) is 8.85. The molecule has 0 atom stereocenters. The maximum absolute atomic E-state index is 11.4. The van der Waals surface area contributed by atoms with Crippen molar-refractivity contribution in [2.45, 2.75) is 26.8 Å². The van der Waals surface area contributed by atoms with E-state index in [2.05, 4.69) is 17.2 Å². The van der Waals surface area contributed by atoms with Gasteiger partial charge < -0.3 is 4.90 Å². The van der Waals surface area contributed by atoms with Crippen molar-refractivity contribution >= 4 is 5.91 Å². The standard InChI is InChI=1S/C10H18N2O/c1-5-6-7-11-8-10(13)12(4)9(2)3/h9,11H,7-8H2,1-4H3. The fraction of sp³-hybridized carbons (Fsp3) is 0.700. The quantitative estimate of drug-likeness (QED) is 0.506. The zero-order chi connectivity index (χ0) is 10.3. The van der Waals surface area contributed by atoms with Gasteiger partial charge in [0.15, 0.2) is 0 Å². The summed E-state index contributed by atoms with van der Waals surface area (Å²) in [6.45, 7) is 6.70. The summed E-state index contributed by atoms with van der Waals surface area (Å²) in [6.07, 6.45) is 0. The lowest BCUT2D eigenvalue weighted by Gasteiger charge is -2.21. The minimum absolute atomic E-state index is 0.105. The molecule has 0 aliphatic heterocycles. The summed E-state index contributed by atoms with van der Waals surface area (Å²) in [4.78, 5) is 13.1. The molecule has 0 fully saturated rings. The third-order valence-electron chi connectivity index (χ3n) is 1.83. The monoisotopic (exact) mass is 182 g/mol. The van der Waals surface area contributed by atoms with Gasteiger partial charge >= 0.3 is 0 Å². The first kappa shape index (κ1) is 12.0. The van der Waals surface area contributed by atoms with E-state index in [1.807, 2.05) is 13.8 Å². The molecule has 3 nitrogen and oxygen atoms in total. The van der Waals surface area contributed by atoms with E-state index in [1.54, 1.807) is 18.9 Å². The minimum atomic E-state index is 0.105. The summed E-state index contributed by atoms with van der Waals surface area (Å²) in [5, 5.41) is 2.96. The first-order valence-corrected chi connectivity index (χ1v) is 4.45. The number of nitrogens with one attached hydrogen (secondary N) is 1. The number of likely N-dealkylation sites (N-methyl/N-ethyl adjacent to an activating group) is 1. The van der Waals surface area contributed by atoms with E-state index in [9.17, 15) is 4.79 Å². The molecule has 0 rings (SSSR count). The second-order valence-corrected chi connectivity index (χ2v) is 3.13. The average Bonchev–Trinajstić information content (AvgIpc) is 2.10. The third-order valence-corrected chi connectivity index (χ3v) is 1.83. The Morgan fingerprint density at radius 2 is 2.15 bits per heavy atom. The van der Waals surface area contributed by atoms with Crippen LogP contribution in [-0.2, 0) is 4.79 Å². The van der Waals surface area contributed by atoms with Gasteiger partial charge in [-0.2, -0.15) is 0 Å². The second kappa shape index (κ2) is 6.50. The molecule has 1 N–H and O–H groups in total. The summed E-state index contributed by atoms with van der Waals surface area (Å²) in [5.41, 5.74) is 0. The second-order valence-electron chi connectivity index (χ2n) is 3.13. The normalized spacial score (nSPS) is 9.31. The van der Waals surface area contributed by atoms with E-state index in [0.717, 1.165) is 0 Å². The van der Waals surface area contributed by atoms with Crippen molar-refractivity contribution in [3.05, 3.63) is 0 Å². The number of carbonyl (C=O) groups is 1. The number of amides is 1. The van der Waals surface area contributed by atoms with E-state index < -0.39 is 0 Å². The van der Waals surface area contributed by atoms with Crippen LogP contribution in [0.1, 0.15) is 20.8 Å². The van der Waals surface area contributed by atoms with Crippen molar-refractivity contribution in [2.24, 2.45) is 0 Å². The van der Waals surface area contributed by atoms with Crippen molar-refractivity contribution in [2.75, 3.05) is 20.1 Å². The van der Waals surface area contributed by atoms with Crippen LogP contribution < -0.4 is 5.32 Å². The maximum Gasteiger partial charge on any atom is 0.236 e. The molecule has 13 heavy (non-hydrogen) atoms. The van der Waals surface area contributed by atoms with Crippen LogP contribution in [0.5, 0.6) is 0 Å². The van der Waals surface area contributed by atoms with Crippen molar-refractivity contribution in [1.82, 2.24) is 10.2 Å². The first-order valence-electron chi connectivity index (χ1n) is 4.45. The van der Waals surface area contributed by atoms with Gasteiger partial charge in [0.05, 0.1) is 13.1 Å². The lowest BCUT2D eigenvalue weighted by molar-refractivity contribution is -0.130. The maximum atomic E-state index is 11.4. The molecule has 0 saturated heterocycles. The molecule has 0 bridgehead atoms. The van der Waals surface area contributed by atoms with Gasteiger partial charge in [-0.3, -0.25) is 10.1 Å². The topological polar surface area (TPSA) is 32.3 Å². The lowest BCUT2D eigenvalue weighted by atomic mass is 10.3. The third kappa shape index (κ3) is 5.26.